The molecule has 0 aliphatic carbocycles. The Morgan fingerprint density at radius 2 is 1.96 bits per heavy atom. The summed E-state index contributed by atoms with van der Waals surface area (Å²) in [5.41, 5.74) is 2.00. The van der Waals surface area contributed by atoms with Crippen LogP contribution in [0.1, 0.15) is 36.1 Å². The summed E-state index contributed by atoms with van der Waals surface area (Å²) in [6, 6.07) is 15.3. The summed E-state index contributed by atoms with van der Waals surface area (Å²) in [6.45, 7) is 1.46. The monoisotopic (exact) mass is 356 g/mol. The van der Waals surface area contributed by atoms with Gasteiger partial charge in [-0.05, 0) is 35.4 Å². The molecule has 0 saturated carbocycles. The van der Waals surface area contributed by atoms with Gasteiger partial charge in [0, 0.05) is 11.9 Å². The van der Waals surface area contributed by atoms with Crippen molar-refractivity contribution in [2.75, 3.05) is 0 Å². The molecule has 0 fully saturated rings. The molecular formula is C19H17ClN2O3. The molecule has 0 aliphatic heterocycles. The Morgan fingerprint density at radius 3 is 2.60 bits per heavy atom. The first-order chi connectivity index (χ1) is 12.0. The lowest BCUT2D eigenvalue weighted by Gasteiger charge is -2.18. The average molecular weight is 357 g/mol. The molecule has 0 spiro atoms. The van der Waals surface area contributed by atoms with Crippen LogP contribution in [-0.4, -0.2) is 11.9 Å². The molecule has 25 heavy (non-hydrogen) atoms. The minimum Gasteiger partial charge on any atom is -0.461 e. The van der Waals surface area contributed by atoms with E-state index in [9.17, 15) is 9.59 Å². The lowest BCUT2D eigenvalue weighted by Crippen LogP contribution is -2.28. The van der Waals surface area contributed by atoms with E-state index >= 15 is 0 Å². The molecule has 6 heteroatoms. The van der Waals surface area contributed by atoms with Crippen LogP contribution in [0.4, 0.5) is 0 Å². The quantitative estimate of drug-likeness (QED) is 0.803. The van der Waals surface area contributed by atoms with Crippen molar-refractivity contribution >= 4 is 23.5 Å². The fourth-order valence-electron chi connectivity index (χ4n) is 2.31. The zero-order chi connectivity index (χ0) is 18.2. The van der Waals surface area contributed by atoms with Crippen LogP contribution in [0.25, 0.3) is 0 Å². The second kappa shape index (κ2) is 8.86. The molecule has 0 aliphatic rings. The Labute approximate surface area is 151 Å². The van der Waals surface area contributed by atoms with Crippen molar-refractivity contribution in [3.8, 4) is 6.07 Å². The highest BCUT2D eigenvalue weighted by Gasteiger charge is 2.18. The van der Waals surface area contributed by atoms with Crippen LogP contribution in [0.15, 0.2) is 48.5 Å². The highest BCUT2D eigenvalue weighted by atomic mass is 35.5. The van der Waals surface area contributed by atoms with Gasteiger partial charge >= 0.3 is 5.97 Å². The van der Waals surface area contributed by atoms with Gasteiger partial charge in [0.05, 0.1) is 24.1 Å². The Bertz CT molecular complexity index is 797. The number of nitriles is 1. The lowest BCUT2D eigenvalue weighted by molar-refractivity contribution is -0.145. The van der Waals surface area contributed by atoms with E-state index in [0.717, 1.165) is 11.1 Å². The molecule has 0 bridgehead atoms. The van der Waals surface area contributed by atoms with Crippen LogP contribution in [0.5, 0.6) is 0 Å². The van der Waals surface area contributed by atoms with E-state index in [4.69, 9.17) is 21.6 Å². The summed E-state index contributed by atoms with van der Waals surface area (Å²) in [5, 5.41) is 12.2. The minimum atomic E-state index is -0.493. The van der Waals surface area contributed by atoms with Gasteiger partial charge in [0.15, 0.2) is 0 Å². The average Bonchev–Trinajstić information content (AvgIpc) is 2.60. The number of nitrogens with zero attached hydrogens (tertiary/aromatic N) is 1. The number of amides is 1. The molecule has 2 aromatic carbocycles. The largest absolute Gasteiger partial charge is 0.461 e. The van der Waals surface area contributed by atoms with Gasteiger partial charge in [-0.1, -0.05) is 35.9 Å². The summed E-state index contributed by atoms with van der Waals surface area (Å²) in [5.74, 6) is -0.689. The third-order valence-corrected chi connectivity index (χ3v) is 3.73. The van der Waals surface area contributed by atoms with E-state index in [-0.39, 0.29) is 18.9 Å². The van der Waals surface area contributed by atoms with Gasteiger partial charge in [-0.3, -0.25) is 9.59 Å². The number of esters is 1. The smallest absolute Gasteiger partial charge is 0.308 e. The van der Waals surface area contributed by atoms with Crippen molar-refractivity contribution in [3.05, 3.63) is 70.2 Å². The number of nitrogens with one attached hydrogen (secondary N) is 1. The fraction of sp³-hybridized carbons (Fsp3) is 0.211. The number of carbonyl (C=O) groups excluding carboxylic acids is 2. The molecule has 128 valence electrons. The second-order valence-electron chi connectivity index (χ2n) is 5.48. The summed E-state index contributed by atoms with van der Waals surface area (Å²) >= 11 is 5.87. The molecule has 2 rings (SSSR count). The summed E-state index contributed by atoms with van der Waals surface area (Å²) in [7, 11) is 0. The highest BCUT2D eigenvalue weighted by molar-refractivity contribution is 6.30. The molecule has 0 aromatic heterocycles. The van der Waals surface area contributed by atoms with Crippen molar-refractivity contribution in [3.63, 3.8) is 0 Å². The number of rotatable bonds is 6. The molecule has 0 heterocycles. The number of hydrogen-bond donors (Lipinski definition) is 1. The molecule has 1 amide bonds. The maximum absolute atomic E-state index is 12.1. The van der Waals surface area contributed by atoms with E-state index in [2.05, 4.69) is 5.32 Å². The van der Waals surface area contributed by atoms with Crippen molar-refractivity contribution < 1.29 is 14.3 Å². The van der Waals surface area contributed by atoms with Gasteiger partial charge in [-0.15, -0.1) is 0 Å². The van der Waals surface area contributed by atoms with Gasteiger partial charge in [0.1, 0.15) is 6.61 Å². The molecule has 5 nitrogen and oxygen atoms in total. The van der Waals surface area contributed by atoms with Crippen LogP contribution >= 0.6 is 11.6 Å². The number of carbonyl (C=O) groups is 2. The maximum atomic E-state index is 12.1. The van der Waals surface area contributed by atoms with Gasteiger partial charge in [-0.25, -0.2) is 0 Å². The van der Waals surface area contributed by atoms with Crippen LogP contribution in [-0.2, 0) is 20.9 Å². The third kappa shape index (κ3) is 5.94. The van der Waals surface area contributed by atoms with Crippen LogP contribution < -0.4 is 5.32 Å². The first-order valence-corrected chi connectivity index (χ1v) is 8.03. The molecule has 1 N–H and O–H groups in total. The third-order valence-electron chi connectivity index (χ3n) is 3.48. The molecule has 0 saturated heterocycles. The predicted molar refractivity (Wildman–Crippen MR) is 93.6 cm³/mol. The van der Waals surface area contributed by atoms with Gasteiger partial charge < -0.3 is 10.1 Å². The van der Waals surface area contributed by atoms with Gasteiger partial charge in [0.25, 0.3) is 0 Å². The Morgan fingerprint density at radius 1 is 1.24 bits per heavy atom. The van der Waals surface area contributed by atoms with Crippen molar-refractivity contribution in [2.45, 2.75) is 26.0 Å². The zero-order valence-electron chi connectivity index (χ0n) is 13.7. The van der Waals surface area contributed by atoms with Crippen LogP contribution in [0.3, 0.4) is 0 Å². The molecule has 2 aromatic rings. The topological polar surface area (TPSA) is 79.2 Å². The van der Waals surface area contributed by atoms with Crippen molar-refractivity contribution in [1.82, 2.24) is 5.32 Å². The fourth-order valence-corrected chi connectivity index (χ4v) is 2.44. The number of halogens is 1. The highest BCUT2D eigenvalue weighted by Crippen LogP contribution is 2.20. The maximum Gasteiger partial charge on any atom is 0.308 e. The molecular weight excluding hydrogens is 340 g/mol. The van der Waals surface area contributed by atoms with Crippen molar-refractivity contribution in [2.24, 2.45) is 0 Å². The van der Waals surface area contributed by atoms with E-state index in [1.54, 1.807) is 48.5 Å². The first-order valence-electron chi connectivity index (χ1n) is 7.65. The van der Waals surface area contributed by atoms with E-state index < -0.39 is 12.0 Å². The predicted octanol–water partition coefficient (Wildman–Crippen LogP) is 3.52. The molecule has 0 radical (unpaired) electrons. The zero-order valence-corrected chi connectivity index (χ0v) is 14.4. The Kier molecular flexibility index (Phi) is 6.55. The summed E-state index contributed by atoms with van der Waals surface area (Å²) < 4.78 is 5.26. The molecule has 1 unspecified atom stereocenters. The van der Waals surface area contributed by atoms with E-state index in [1.165, 1.54) is 6.92 Å². The number of ether oxygens (including phenoxy) is 1. The summed E-state index contributed by atoms with van der Waals surface area (Å²) in [6.07, 6.45) is -0.000840. The van der Waals surface area contributed by atoms with Crippen LogP contribution in [0.2, 0.25) is 5.02 Å². The SMILES string of the molecule is CC(=O)NC(CC(=O)OCc1cccc(C#N)c1)c1ccc(Cl)cc1. The molecule has 1 atom stereocenters. The van der Waals surface area contributed by atoms with E-state index in [1.807, 2.05) is 6.07 Å². The van der Waals surface area contributed by atoms with E-state index in [0.29, 0.717) is 10.6 Å². The number of hydrogen-bond acceptors (Lipinski definition) is 4. The van der Waals surface area contributed by atoms with Gasteiger partial charge in [-0.2, -0.15) is 5.26 Å². The normalized spacial score (nSPS) is 11.2. The first kappa shape index (κ1) is 18.5. The lowest BCUT2D eigenvalue weighted by atomic mass is 10.0. The Hall–Kier alpha value is -2.84. The Balaban J connectivity index is 2.00. The van der Waals surface area contributed by atoms with Crippen molar-refractivity contribution in [1.29, 1.82) is 5.26 Å². The standard InChI is InChI=1S/C19H17ClN2O3/c1-13(23)22-18(16-5-7-17(20)8-6-16)10-19(24)25-12-15-4-2-3-14(9-15)11-21/h2-9,18H,10,12H2,1H3,(H,22,23). The van der Waals surface area contributed by atoms with Crippen LogP contribution in [0, 0.1) is 11.3 Å². The second-order valence-corrected chi connectivity index (χ2v) is 5.92. The number of benzene rings is 2. The summed E-state index contributed by atoms with van der Waals surface area (Å²) in [4.78, 5) is 23.5. The van der Waals surface area contributed by atoms with Gasteiger partial charge in [0.2, 0.25) is 5.91 Å². The minimum absolute atomic E-state index is 0.000840.